The van der Waals surface area contributed by atoms with Crippen LogP contribution in [0, 0.1) is 12.8 Å². The molecule has 1 amide bonds. The molecule has 1 fully saturated rings. The molecular weight excluding hydrogens is 190 g/mol. The average molecular weight is 205 g/mol. The Kier molecular flexibility index (Phi) is 2.90. The Bertz CT molecular complexity index is 358. The molecule has 15 heavy (non-hydrogen) atoms. The van der Waals surface area contributed by atoms with E-state index in [1.54, 1.807) is 6.07 Å². The standard InChI is InChI=1S/C12H15NO2/c1-9-3-2-4-11(7-9)15-12(14)13-8-10-5-6-10/h2-4,7,10H,5-6,8H2,1H3,(H,13,14). The van der Waals surface area contributed by atoms with E-state index < -0.39 is 0 Å². The van der Waals surface area contributed by atoms with Gasteiger partial charge in [0.25, 0.3) is 0 Å². The predicted molar refractivity (Wildman–Crippen MR) is 57.9 cm³/mol. The summed E-state index contributed by atoms with van der Waals surface area (Å²) in [6.45, 7) is 2.71. The normalized spacial score (nSPS) is 14.7. The highest BCUT2D eigenvalue weighted by Gasteiger charge is 2.21. The molecule has 0 saturated heterocycles. The lowest BCUT2D eigenvalue weighted by atomic mass is 10.2. The van der Waals surface area contributed by atoms with Crippen LogP contribution in [0.15, 0.2) is 24.3 Å². The minimum atomic E-state index is -0.354. The fraction of sp³-hybridized carbons (Fsp3) is 0.417. The Morgan fingerprint density at radius 1 is 1.53 bits per heavy atom. The van der Waals surface area contributed by atoms with Crippen LogP contribution < -0.4 is 10.1 Å². The van der Waals surface area contributed by atoms with Crippen LogP contribution in [0.4, 0.5) is 4.79 Å². The van der Waals surface area contributed by atoms with Gasteiger partial charge in [0.05, 0.1) is 0 Å². The summed E-state index contributed by atoms with van der Waals surface area (Å²) in [7, 11) is 0. The zero-order chi connectivity index (χ0) is 10.7. The smallest absolute Gasteiger partial charge is 0.410 e. The van der Waals surface area contributed by atoms with Crippen molar-refractivity contribution in [2.24, 2.45) is 5.92 Å². The summed E-state index contributed by atoms with van der Waals surface area (Å²) in [6.07, 6.45) is 2.10. The van der Waals surface area contributed by atoms with Gasteiger partial charge < -0.3 is 10.1 Å². The number of carbonyl (C=O) groups is 1. The zero-order valence-electron chi connectivity index (χ0n) is 8.82. The molecule has 1 saturated carbocycles. The number of ether oxygens (including phenoxy) is 1. The third-order valence-corrected chi connectivity index (χ3v) is 2.43. The van der Waals surface area contributed by atoms with Crippen LogP contribution in [0.2, 0.25) is 0 Å². The van der Waals surface area contributed by atoms with Gasteiger partial charge in [-0.2, -0.15) is 0 Å². The second kappa shape index (κ2) is 4.34. The van der Waals surface area contributed by atoms with Crippen LogP contribution in [0.5, 0.6) is 5.75 Å². The van der Waals surface area contributed by atoms with Crippen molar-refractivity contribution in [1.82, 2.24) is 5.32 Å². The maximum absolute atomic E-state index is 11.3. The van der Waals surface area contributed by atoms with Gasteiger partial charge in [0.2, 0.25) is 0 Å². The molecule has 3 nitrogen and oxygen atoms in total. The number of hydrogen-bond acceptors (Lipinski definition) is 2. The lowest BCUT2D eigenvalue weighted by molar-refractivity contribution is 0.200. The largest absolute Gasteiger partial charge is 0.412 e. The van der Waals surface area contributed by atoms with Gasteiger partial charge in [-0.3, -0.25) is 0 Å². The first-order valence-corrected chi connectivity index (χ1v) is 5.26. The lowest BCUT2D eigenvalue weighted by Crippen LogP contribution is -2.28. The van der Waals surface area contributed by atoms with Gasteiger partial charge in [0, 0.05) is 6.54 Å². The summed E-state index contributed by atoms with van der Waals surface area (Å²) in [5.74, 6) is 1.28. The first-order valence-electron chi connectivity index (χ1n) is 5.26. The maximum atomic E-state index is 11.3. The molecule has 1 aromatic rings. The van der Waals surface area contributed by atoms with E-state index in [1.807, 2.05) is 25.1 Å². The zero-order valence-corrected chi connectivity index (χ0v) is 8.82. The van der Waals surface area contributed by atoms with Crippen LogP contribution in [0.3, 0.4) is 0 Å². The van der Waals surface area contributed by atoms with E-state index in [1.165, 1.54) is 12.8 Å². The van der Waals surface area contributed by atoms with E-state index in [-0.39, 0.29) is 6.09 Å². The van der Waals surface area contributed by atoms with Gasteiger partial charge in [-0.25, -0.2) is 4.79 Å². The third-order valence-electron chi connectivity index (χ3n) is 2.43. The molecule has 1 N–H and O–H groups in total. The number of benzene rings is 1. The lowest BCUT2D eigenvalue weighted by Gasteiger charge is -2.06. The highest BCUT2D eigenvalue weighted by atomic mass is 16.6. The SMILES string of the molecule is Cc1cccc(OC(=O)NCC2CC2)c1. The highest BCUT2D eigenvalue weighted by molar-refractivity contribution is 5.70. The van der Waals surface area contributed by atoms with Gasteiger partial charge in [-0.05, 0) is 43.4 Å². The van der Waals surface area contributed by atoms with Crippen LogP contribution in [-0.4, -0.2) is 12.6 Å². The molecule has 0 radical (unpaired) electrons. The van der Waals surface area contributed by atoms with E-state index in [4.69, 9.17) is 4.74 Å². The summed E-state index contributed by atoms with van der Waals surface area (Å²) in [5.41, 5.74) is 1.09. The molecule has 1 aromatic carbocycles. The molecule has 0 heterocycles. The molecule has 3 heteroatoms. The van der Waals surface area contributed by atoms with E-state index in [2.05, 4.69) is 5.32 Å². The van der Waals surface area contributed by atoms with E-state index >= 15 is 0 Å². The predicted octanol–water partition coefficient (Wildman–Crippen LogP) is 2.49. The van der Waals surface area contributed by atoms with Crippen molar-refractivity contribution in [2.45, 2.75) is 19.8 Å². The monoisotopic (exact) mass is 205 g/mol. The van der Waals surface area contributed by atoms with Gasteiger partial charge >= 0.3 is 6.09 Å². The minimum absolute atomic E-state index is 0.354. The minimum Gasteiger partial charge on any atom is -0.410 e. The van der Waals surface area contributed by atoms with Crippen LogP contribution in [-0.2, 0) is 0 Å². The molecule has 0 unspecified atom stereocenters. The Morgan fingerprint density at radius 3 is 3.00 bits per heavy atom. The van der Waals surface area contributed by atoms with Gasteiger partial charge in [0.1, 0.15) is 5.75 Å². The summed E-state index contributed by atoms with van der Waals surface area (Å²) in [4.78, 5) is 11.3. The van der Waals surface area contributed by atoms with Crippen molar-refractivity contribution >= 4 is 6.09 Å². The van der Waals surface area contributed by atoms with E-state index in [0.717, 1.165) is 12.1 Å². The summed E-state index contributed by atoms with van der Waals surface area (Å²) < 4.78 is 5.12. The summed E-state index contributed by atoms with van der Waals surface area (Å²) >= 11 is 0. The quantitative estimate of drug-likeness (QED) is 0.823. The van der Waals surface area contributed by atoms with Crippen LogP contribution >= 0.6 is 0 Å². The fourth-order valence-corrected chi connectivity index (χ4v) is 1.37. The highest BCUT2D eigenvalue weighted by Crippen LogP contribution is 2.27. The Labute approximate surface area is 89.4 Å². The summed E-state index contributed by atoms with van der Waals surface area (Å²) in [5, 5.41) is 2.75. The second-order valence-corrected chi connectivity index (χ2v) is 4.03. The van der Waals surface area contributed by atoms with Crippen LogP contribution in [0.25, 0.3) is 0 Å². The Balaban J connectivity index is 1.81. The molecule has 1 aliphatic rings. The number of nitrogens with one attached hydrogen (secondary N) is 1. The van der Waals surface area contributed by atoms with Gasteiger partial charge in [-0.1, -0.05) is 12.1 Å². The molecule has 0 atom stereocenters. The van der Waals surface area contributed by atoms with Crippen LogP contribution in [0.1, 0.15) is 18.4 Å². The van der Waals surface area contributed by atoms with Crippen molar-refractivity contribution < 1.29 is 9.53 Å². The molecule has 80 valence electrons. The first-order chi connectivity index (χ1) is 7.24. The number of carbonyl (C=O) groups excluding carboxylic acids is 1. The molecule has 0 bridgehead atoms. The fourth-order valence-electron chi connectivity index (χ4n) is 1.37. The average Bonchev–Trinajstić information content (AvgIpc) is 2.98. The molecule has 0 aromatic heterocycles. The Morgan fingerprint density at radius 2 is 2.33 bits per heavy atom. The van der Waals surface area contributed by atoms with Crippen molar-refractivity contribution in [3.63, 3.8) is 0 Å². The van der Waals surface area contributed by atoms with Crippen molar-refractivity contribution in [2.75, 3.05) is 6.54 Å². The van der Waals surface area contributed by atoms with Crippen molar-refractivity contribution in [3.8, 4) is 5.75 Å². The first kappa shape index (κ1) is 10.0. The third kappa shape index (κ3) is 3.27. The second-order valence-electron chi connectivity index (χ2n) is 4.03. The number of aryl methyl sites for hydroxylation is 1. The van der Waals surface area contributed by atoms with Crippen molar-refractivity contribution in [3.05, 3.63) is 29.8 Å². The molecule has 1 aliphatic carbocycles. The van der Waals surface area contributed by atoms with Gasteiger partial charge in [-0.15, -0.1) is 0 Å². The maximum Gasteiger partial charge on any atom is 0.412 e. The topological polar surface area (TPSA) is 38.3 Å². The molecular formula is C12H15NO2. The Hall–Kier alpha value is -1.51. The summed E-state index contributed by atoms with van der Waals surface area (Å²) in [6, 6.07) is 7.47. The van der Waals surface area contributed by atoms with Gasteiger partial charge in [0.15, 0.2) is 0 Å². The number of amides is 1. The van der Waals surface area contributed by atoms with E-state index in [9.17, 15) is 4.79 Å². The van der Waals surface area contributed by atoms with Crippen molar-refractivity contribution in [1.29, 1.82) is 0 Å². The molecule has 0 spiro atoms. The molecule has 2 rings (SSSR count). The number of rotatable bonds is 3. The van der Waals surface area contributed by atoms with E-state index in [0.29, 0.717) is 11.7 Å². The molecule has 0 aliphatic heterocycles. The number of hydrogen-bond donors (Lipinski definition) is 1.